The standard InChI is InChI=1S/C14H18BrClN4/c1-5-20-10(4)13(9(3)19-20)8(2)18-12-6-11(15)7-17-14(12)16/h6-8,18H,5H2,1-4H3. The maximum absolute atomic E-state index is 6.12. The predicted molar refractivity (Wildman–Crippen MR) is 86.4 cm³/mol. The van der Waals surface area contributed by atoms with E-state index in [0.717, 1.165) is 22.4 Å². The Morgan fingerprint density at radius 1 is 1.45 bits per heavy atom. The molecule has 0 radical (unpaired) electrons. The third-order valence-electron chi connectivity index (χ3n) is 3.35. The Kier molecular flexibility index (Phi) is 4.70. The number of aryl methyl sites for hydroxylation is 2. The molecule has 0 aromatic carbocycles. The number of pyridine rings is 1. The van der Waals surface area contributed by atoms with Crippen LogP contribution in [0.1, 0.15) is 36.8 Å². The molecule has 6 heteroatoms. The number of anilines is 1. The summed E-state index contributed by atoms with van der Waals surface area (Å²) in [6, 6.07) is 2.05. The summed E-state index contributed by atoms with van der Waals surface area (Å²) in [6.07, 6.45) is 1.68. The molecule has 0 saturated carbocycles. The molecule has 4 nitrogen and oxygen atoms in total. The third kappa shape index (κ3) is 2.99. The lowest BCUT2D eigenvalue weighted by molar-refractivity contribution is 0.632. The quantitative estimate of drug-likeness (QED) is 0.819. The maximum Gasteiger partial charge on any atom is 0.152 e. The van der Waals surface area contributed by atoms with Gasteiger partial charge in [-0.1, -0.05) is 11.6 Å². The highest BCUT2D eigenvalue weighted by molar-refractivity contribution is 9.10. The summed E-state index contributed by atoms with van der Waals surface area (Å²) >= 11 is 9.53. The zero-order valence-corrected chi connectivity index (χ0v) is 14.4. The van der Waals surface area contributed by atoms with Gasteiger partial charge in [-0.3, -0.25) is 4.68 Å². The molecule has 1 unspecified atom stereocenters. The van der Waals surface area contributed by atoms with E-state index in [1.165, 1.54) is 11.3 Å². The van der Waals surface area contributed by atoms with Crippen molar-refractivity contribution in [1.82, 2.24) is 14.8 Å². The molecular weight excluding hydrogens is 340 g/mol. The second-order valence-corrected chi connectivity index (χ2v) is 6.03. The smallest absolute Gasteiger partial charge is 0.152 e. The molecule has 2 aromatic heterocycles. The van der Waals surface area contributed by atoms with E-state index in [1.54, 1.807) is 6.20 Å². The third-order valence-corrected chi connectivity index (χ3v) is 4.08. The molecule has 2 aromatic rings. The van der Waals surface area contributed by atoms with Crippen LogP contribution in [0, 0.1) is 13.8 Å². The van der Waals surface area contributed by atoms with Crippen molar-refractivity contribution < 1.29 is 0 Å². The molecule has 0 fully saturated rings. The van der Waals surface area contributed by atoms with Gasteiger partial charge in [0.25, 0.3) is 0 Å². The Hall–Kier alpha value is -1.07. The Bertz CT molecular complexity index is 624. The Labute approximate surface area is 132 Å². The summed E-state index contributed by atoms with van der Waals surface area (Å²) in [5, 5.41) is 8.43. The number of hydrogen-bond acceptors (Lipinski definition) is 3. The lowest BCUT2D eigenvalue weighted by Crippen LogP contribution is -2.10. The van der Waals surface area contributed by atoms with Crippen molar-refractivity contribution in [2.45, 2.75) is 40.3 Å². The molecule has 0 aliphatic heterocycles. The monoisotopic (exact) mass is 356 g/mol. The second-order valence-electron chi connectivity index (χ2n) is 4.76. The molecule has 1 atom stereocenters. The molecule has 108 valence electrons. The Balaban J connectivity index is 2.30. The first-order valence-corrected chi connectivity index (χ1v) is 7.72. The highest BCUT2D eigenvalue weighted by Gasteiger charge is 2.18. The van der Waals surface area contributed by atoms with Crippen LogP contribution in [0.4, 0.5) is 5.69 Å². The van der Waals surface area contributed by atoms with Crippen molar-refractivity contribution in [1.29, 1.82) is 0 Å². The Morgan fingerprint density at radius 3 is 2.75 bits per heavy atom. The largest absolute Gasteiger partial charge is 0.376 e. The minimum absolute atomic E-state index is 0.115. The molecule has 1 N–H and O–H groups in total. The summed E-state index contributed by atoms with van der Waals surface area (Å²) in [4.78, 5) is 4.13. The van der Waals surface area contributed by atoms with Gasteiger partial charge >= 0.3 is 0 Å². The van der Waals surface area contributed by atoms with Crippen LogP contribution in [0.5, 0.6) is 0 Å². The number of nitrogens with zero attached hydrogens (tertiary/aromatic N) is 3. The van der Waals surface area contributed by atoms with Gasteiger partial charge in [-0.05, 0) is 49.7 Å². The maximum atomic E-state index is 6.12. The van der Waals surface area contributed by atoms with E-state index < -0.39 is 0 Å². The lowest BCUT2D eigenvalue weighted by atomic mass is 10.1. The van der Waals surface area contributed by atoms with Crippen LogP contribution in [0.2, 0.25) is 5.15 Å². The van der Waals surface area contributed by atoms with Crippen molar-refractivity contribution >= 4 is 33.2 Å². The van der Waals surface area contributed by atoms with Gasteiger partial charge in [0.1, 0.15) is 0 Å². The van der Waals surface area contributed by atoms with Gasteiger partial charge in [0.15, 0.2) is 5.15 Å². The van der Waals surface area contributed by atoms with Crippen LogP contribution in [0.25, 0.3) is 0 Å². The fraction of sp³-hybridized carbons (Fsp3) is 0.429. The van der Waals surface area contributed by atoms with Gasteiger partial charge in [-0.15, -0.1) is 0 Å². The van der Waals surface area contributed by atoms with E-state index in [2.05, 4.69) is 52.1 Å². The molecule has 0 amide bonds. The van der Waals surface area contributed by atoms with Gasteiger partial charge < -0.3 is 5.32 Å². The number of nitrogens with one attached hydrogen (secondary N) is 1. The van der Waals surface area contributed by atoms with Gasteiger partial charge in [-0.25, -0.2) is 4.98 Å². The number of rotatable bonds is 4. The molecule has 20 heavy (non-hydrogen) atoms. The van der Waals surface area contributed by atoms with E-state index in [1.807, 2.05) is 17.7 Å². The minimum atomic E-state index is 0.115. The first kappa shape index (κ1) is 15.3. The van der Waals surface area contributed by atoms with E-state index in [-0.39, 0.29) is 6.04 Å². The van der Waals surface area contributed by atoms with Crippen LogP contribution in [0.3, 0.4) is 0 Å². The highest BCUT2D eigenvalue weighted by Crippen LogP contribution is 2.29. The number of hydrogen-bond donors (Lipinski definition) is 1. The van der Waals surface area contributed by atoms with Crippen molar-refractivity contribution in [3.05, 3.63) is 38.8 Å². The van der Waals surface area contributed by atoms with E-state index in [4.69, 9.17) is 11.6 Å². The van der Waals surface area contributed by atoms with E-state index in [9.17, 15) is 0 Å². The average Bonchev–Trinajstić information content (AvgIpc) is 2.68. The van der Waals surface area contributed by atoms with Gasteiger partial charge in [0, 0.05) is 28.5 Å². The summed E-state index contributed by atoms with van der Waals surface area (Å²) in [5.74, 6) is 0. The van der Waals surface area contributed by atoms with Crippen molar-refractivity contribution in [3.63, 3.8) is 0 Å². The molecule has 2 rings (SSSR count). The normalized spacial score (nSPS) is 12.5. The van der Waals surface area contributed by atoms with Crippen molar-refractivity contribution in [2.24, 2.45) is 0 Å². The molecule has 0 bridgehead atoms. The van der Waals surface area contributed by atoms with E-state index in [0.29, 0.717) is 5.15 Å². The first-order chi connectivity index (χ1) is 9.43. The molecular formula is C14H18BrClN4. The topological polar surface area (TPSA) is 42.7 Å². The van der Waals surface area contributed by atoms with Crippen LogP contribution in [-0.2, 0) is 6.54 Å². The predicted octanol–water partition coefficient (Wildman–Crippen LogP) is 4.50. The summed E-state index contributed by atoms with van der Waals surface area (Å²) in [5.41, 5.74) is 4.26. The molecule has 0 spiro atoms. The molecule has 0 saturated heterocycles. The zero-order valence-electron chi connectivity index (χ0n) is 12.0. The van der Waals surface area contributed by atoms with Gasteiger partial charge in [-0.2, -0.15) is 5.10 Å². The average molecular weight is 358 g/mol. The number of halogens is 2. The zero-order chi connectivity index (χ0) is 14.9. The second kappa shape index (κ2) is 6.14. The molecule has 2 heterocycles. The lowest BCUT2D eigenvalue weighted by Gasteiger charge is -2.17. The summed E-state index contributed by atoms with van der Waals surface area (Å²) in [7, 11) is 0. The fourth-order valence-corrected chi connectivity index (χ4v) is 2.96. The van der Waals surface area contributed by atoms with Crippen LogP contribution in [-0.4, -0.2) is 14.8 Å². The SMILES string of the molecule is CCn1nc(C)c(C(C)Nc2cc(Br)cnc2Cl)c1C. The summed E-state index contributed by atoms with van der Waals surface area (Å²) in [6.45, 7) is 9.20. The molecule has 0 aliphatic carbocycles. The van der Waals surface area contributed by atoms with Crippen LogP contribution < -0.4 is 5.32 Å². The highest BCUT2D eigenvalue weighted by atomic mass is 79.9. The number of aromatic nitrogens is 3. The summed E-state index contributed by atoms with van der Waals surface area (Å²) < 4.78 is 2.91. The van der Waals surface area contributed by atoms with Gasteiger partial charge in [0.05, 0.1) is 17.4 Å². The first-order valence-electron chi connectivity index (χ1n) is 6.55. The van der Waals surface area contributed by atoms with Gasteiger partial charge in [0.2, 0.25) is 0 Å². The van der Waals surface area contributed by atoms with Crippen LogP contribution in [0.15, 0.2) is 16.7 Å². The van der Waals surface area contributed by atoms with Crippen molar-refractivity contribution in [2.75, 3.05) is 5.32 Å². The van der Waals surface area contributed by atoms with Crippen LogP contribution >= 0.6 is 27.5 Å². The van der Waals surface area contributed by atoms with E-state index >= 15 is 0 Å². The van der Waals surface area contributed by atoms with Crippen molar-refractivity contribution in [3.8, 4) is 0 Å². The molecule has 0 aliphatic rings. The fourth-order valence-electron chi connectivity index (χ4n) is 2.47. The minimum Gasteiger partial charge on any atom is -0.376 e. The Morgan fingerprint density at radius 2 is 2.15 bits per heavy atom.